The zero-order chi connectivity index (χ0) is 18.8. The van der Waals surface area contributed by atoms with Crippen molar-refractivity contribution in [2.45, 2.75) is 40.3 Å². The van der Waals surface area contributed by atoms with Gasteiger partial charge in [-0.2, -0.15) is 0 Å². The zero-order valence-corrected chi connectivity index (χ0v) is 16.2. The van der Waals surface area contributed by atoms with Gasteiger partial charge >= 0.3 is 0 Å². The number of fused-ring (bicyclic) bond motifs is 1. The van der Waals surface area contributed by atoms with Crippen molar-refractivity contribution in [3.05, 3.63) is 76.4 Å². The first kappa shape index (κ1) is 17.5. The van der Waals surface area contributed by atoms with E-state index in [9.17, 15) is 0 Å². The minimum Gasteiger partial charge on any atom is -0.366 e. The molecule has 27 heavy (non-hydrogen) atoms. The predicted octanol–water partition coefficient (Wildman–Crippen LogP) is 3.97. The van der Waals surface area contributed by atoms with Crippen LogP contribution in [0.3, 0.4) is 0 Å². The molecule has 0 radical (unpaired) electrons. The largest absolute Gasteiger partial charge is 0.366 e. The molecule has 5 nitrogen and oxygen atoms in total. The lowest BCUT2D eigenvalue weighted by atomic mass is 10.0. The van der Waals surface area contributed by atoms with Crippen LogP contribution in [0.2, 0.25) is 0 Å². The first-order valence-electron chi connectivity index (χ1n) is 9.40. The maximum absolute atomic E-state index is 4.58. The first-order valence-corrected chi connectivity index (χ1v) is 9.40. The van der Waals surface area contributed by atoms with E-state index >= 15 is 0 Å². The Morgan fingerprint density at radius 1 is 1.00 bits per heavy atom. The second kappa shape index (κ2) is 7.35. The third-order valence-electron chi connectivity index (χ3n) is 5.25. The highest BCUT2D eigenvalue weighted by Gasteiger charge is 2.22. The molecule has 2 aromatic heterocycles. The second-order valence-electron chi connectivity index (χ2n) is 7.28. The summed E-state index contributed by atoms with van der Waals surface area (Å²) in [5, 5.41) is 3.52. The summed E-state index contributed by atoms with van der Waals surface area (Å²) in [5.41, 5.74) is 7.38. The Bertz CT molecular complexity index is 949. The number of nitrogens with zero attached hydrogens (tertiary/aromatic N) is 4. The van der Waals surface area contributed by atoms with Gasteiger partial charge in [0.2, 0.25) is 0 Å². The van der Waals surface area contributed by atoms with E-state index in [0.29, 0.717) is 0 Å². The normalized spacial score (nSPS) is 13.4. The second-order valence-corrected chi connectivity index (χ2v) is 7.28. The Morgan fingerprint density at radius 3 is 2.67 bits per heavy atom. The lowest BCUT2D eigenvalue weighted by molar-refractivity contribution is 0.697. The van der Waals surface area contributed by atoms with Crippen LogP contribution in [0.5, 0.6) is 0 Å². The van der Waals surface area contributed by atoms with Crippen molar-refractivity contribution in [1.29, 1.82) is 0 Å². The summed E-state index contributed by atoms with van der Waals surface area (Å²) < 4.78 is 0. The topological polar surface area (TPSA) is 53.9 Å². The van der Waals surface area contributed by atoms with Gasteiger partial charge in [-0.3, -0.25) is 0 Å². The van der Waals surface area contributed by atoms with Gasteiger partial charge in [0.25, 0.3) is 0 Å². The average Bonchev–Trinajstić information content (AvgIpc) is 2.69. The molecule has 1 aliphatic rings. The van der Waals surface area contributed by atoms with Crippen LogP contribution < -0.4 is 10.2 Å². The van der Waals surface area contributed by atoms with Crippen molar-refractivity contribution in [2.24, 2.45) is 0 Å². The van der Waals surface area contributed by atoms with Crippen LogP contribution in [0.1, 0.15) is 33.5 Å². The number of benzene rings is 1. The molecule has 0 amide bonds. The van der Waals surface area contributed by atoms with Crippen LogP contribution in [-0.4, -0.2) is 21.5 Å². The smallest absolute Gasteiger partial charge is 0.134 e. The van der Waals surface area contributed by atoms with Crippen molar-refractivity contribution < 1.29 is 0 Å². The maximum Gasteiger partial charge on any atom is 0.134 e. The zero-order valence-electron chi connectivity index (χ0n) is 16.2. The fraction of sp³-hybridized carbons (Fsp3) is 0.318. The minimum atomic E-state index is 0.757. The minimum absolute atomic E-state index is 0.757. The third-order valence-corrected chi connectivity index (χ3v) is 5.25. The molecule has 138 valence electrons. The predicted molar refractivity (Wildman–Crippen MR) is 109 cm³/mol. The van der Waals surface area contributed by atoms with Crippen molar-refractivity contribution in [3.8, 4) is 0 Å². The van der Waals surface area contributed by atoms with Crippen LogP contribution in [0.4, 0.5) is 11.6 Å². The van der Waals surface area contributed by atoms with Gasteiger partial charge < -0.3 is 10.2 Å². The van der Waals surface area contributed by atoms with Gasteiger partial charge in [0.05, 0.1) is 5.69 Å². The Labute approximate surface area is 160 Å². The highest BCUT2D eigenvalue weighted by atomic mass is 15.2. The molecule has 4 rings (SSSR count). The monoisotopic (exact) mass is 359 g/mol. The van der Waals surface area contributed by atoms with Crippen molar-refractivity contribution in [1.82, 2.24) is 15.0 Å². The van der Waals surface area contributed by atoms with Gasteiger partial charge in [-0.05, 0) is 49.1 Å². The van der Waals surface area contributed by atoms with Gasteiger partial charge in [-0.1, -0.05) is 24.3 Å². The quantitative estimate of drug-likeness (QED) is 0.764. The lowest BCUT2D eigenvalue weighted by Gasteiger charge is -2.30. The van der Waals surface area contributed by atoms with Crippen LogP contribution in [-0.2, 0) is 19.5 Å². The van der Waals surface area contributed by atoms with Gasteiger partial charge in [-0.25, -0.2) is 15.0 Å². The molecule has 0 bridgehead atoms. The van der Waals surface area contributed by atoms with Gasteiger partial charge in [0.15, 0.2) is 0 Å². The van der Waals surface area contributed by atoms with E-state index in [-0.39, 0.29) is 0 Å². The molecule has 0 saturated carbocycles. The fourth-order valence-electron chi connectivity index (χ4n) is 3.44. The fourth-order valence-corrected chi connectivity index (χ4v) is 3.44. The molecule has 0 unspecified atom stereocenters. The number of aromatic nitrogens is 3. The van der Waals surface area contributed by atoms with Gasteiger partial charge in [-0.15, -0.1) is 0 Å². The molecular formula is C22H25N5. The SMILES string of the molecule is Cc1ccc(N2CCc3ncnc(NCc4ccc(C)c(C)c4)c3C2)nc1. The van der Waals surface area contributed by atoms with Crippen LogP contribution in [0.25, 0.3) is 0 Å². The van der Waals surface area contributed by atoms with Gasteiger partial charge in [0.1, 0.15) is 18.0 Å². The van der Waals surface area contributed by atoms with E-state index in [4.69, 9.17) is 0 Å². The van der Waals surface area contributed by atoms with Crippen LogP contribution in [0.15, 0.2) is 42.9 Å². The number of aryl methyl sites for hydroxylation is 3. The molecule has 0 fully saturated rings. The summed E-state index contributed by atoms with van der Waals surface area (Å²) in [6.45, 7) is 8.81. The number of rotatable bonds is 4. The number of nitrogens with one attached hydrogen (secondary N) is 1. The summed E-state index contributed by atoms with van der Waals surface area (Å²) in [6, 6.07) is 10.8. The molecule has 1 N–H and O–H groups in total. The first-order chi connectivity index (χ1) is 13.1. The number of hydrogen-bond donors (Lipinski definition) is 1. The van der Waals surface area contributed by atoms with E-state index in [1.165, 1.54) is 27.8 Å². The molecule has 0 atom stereocenters. The molecular weight excluding hydrogens is 334 g/mol. The van der Waals surface area contributed by atoms with Crippen molar-refractivity contribution in [2.75, 3.05) is 16.8 Å². The number of hydrogen-bond acceptors (Lipinski definition) is 5. The van der Waals surface area contributed by atoms with E-state index in [2.05, 4.69) is 76.3 Å². The standard InChI is InChI=1S/C22H25N5/c1-15-4-7-21(23-11-15)27-9-8-20-19(13-27)22(26-14-25-20)24-12-18-6-5-16(2)17(3)10-18/h4-7,10-11,14H,8-9,12-13H2,1-3H3,(H,24,25,26). The molecule has 0 saturated heterocycles. The molecule has 0 aliphatic carbocycles. The summed E-state index contributed by atoms with van der Waals surface area (Å²) >= 11 is 0. The molecule has 3 heterocycles. The van der Waals surface area contributed by atoms with E-state index in [1.54, 1.807) is 6.33 Å². The molecule has 0 spiro atoms. The summed E-state index contributed by atoms with van der Waals surface area (Å²) in [6.07, 6.45) is 4.50. The highest BCUT2D eigenvalue weighted by Crippen LogP contribution is 2.26. The average molecular weight is 359 g/mol. The highest BCUT2D eigenvalue weighted by molar-refractivity contribution is 5.52. The summed E-state index contributed by atoms with van der Waals surface area (Å²) in [4.78, 5) is 15.9. The number of pyridine rings is 1. The van der Waals surface area contributed by atoms with E-state index in [0.717, 1.165) is 43.4 Å². The Morgan fingerprint density at radius 2 is 1.89 bits per heavy atom. The molecule has 5 heteroatoms. The van der Waals surface area contributed by atoms with Crippen LogP contribution >= 0.6 is 0 Å². The van der Waals surface area contributed by atoms with E-state index in [1.807, 2.05) is 6.20 Å². The Balaban J connectivity index is 1.54. The number of anilines is 2. The molecule has 1 aromatic carbocycles. The van der Waals surface area contributed by atoms with Gasteiger partial charge in [0, 0.05) is 37.8 Å². The summed E-state index contributed by atoms with van der Waals surface area (Å²) in [7, 11) is 0. The lowest BCUT2D eigenvalue weighted by Crippen LogP contribution is -2.32. The van der Waals surface area contributed by atoms with Crippen molar-refractivity contribution in [3.63, 3.8) is 0 Å². The van der Waals surface area contributed by atoms with Crippen LogP contribution in [0, 0.1) is 20.8 Å². The summed E-state index contributed by atoms with van der Waals surface area (Å²) in [5.74, 6) is 1.94. The van der Waals surface area contributed by atoms with Crippen molar-refractivity contribution >= 4 is 11.6 Å². The molecule has 1 aliphatic heterocycles. The molecule has 3 aromatic rings. The third kappa shape index (κ3) is 3.77. The Hall–Kier alpha value is -2.95. The Kier molecular flexibility index (Phi) is 4.75. The maximum atomic E-state index is 4.58. The van der Waals surface area contributed by atoms with E-state index < -0.39 is 0 Å².